The number of methoxy groups -OCH3 is 1. The lowest BCUT2D eigenvalue weighted by molar-refractivity contribution is 0.140. The Morgan fingerprint density at radius 3 is 2.59 bits per heavy atom. The van der Waals surface area contributed by atoms with Crippen molar-refractivity contribution in [2.24, 2.45) is 5.90 Å². The first-order valence-electron chi connectivity index (χ1n) is 5.79. The second-order valence-electron chi connectivity index (χ2n) is 4.32. The van der Waals surface area contributed by atoms with E-state index in [0.717, 1.165) is 30.7 Å². The summed E-state index contributed by atoms with van der Waals surface area (Å²) in [6.45, 7) is 1.55. The number of ether oxygens (including phenoxy) is 1. The molecule has 0 fully saturated rings. The summed E-state index contributed by atoms with van der Waals surface area (Å²) >= 11 is 0. The van der Waals surface area contributed by atoms with Crippen molar-refractivity contribution in [1.29, 1.82) is 0 Å². The third-order valence-electron chi connectivity index (χ3n) is 2.68. The molecular formula is C13H22N2O2. The molecule has 0 aliphatic carbocycles. The van der Waals surface area contributed by atoms with Crippen molar-refractivity contribution in [3.63, 3.8) is 0 Å². The number of hydrogen-bond acceptors (Lipinski definition) is 4. The Balaban J connectivity index is 2.73. The molecule has 17 heavy (non-hydrogen) atoms. The Hall–Kier alpha value is -1.10. The largest absolute Gasteiger partial charge is 0.496 e. The highest BCUT2D eigenvalue weighted by atomic mass is 16.6. The second kappa shape index (κ2) is 7.27. The van der Waals surface area contributed by atoms with E-state index in [1.807, 2.05) is 6.07 Å². The molecule has 0 aliphatic heterocycles. The summed E-state index contributed by atoms with van der Waals surface area (Å²) in [6, 6.07) is 6.29. The van der Waals surface area contributed by atoms with E-state index < -0.39 is 0 Å². The maximum Gasteiger partial charge on any atom is 0.122 e. The smallest absolute Gasteiger partial charge is 0.122 e. The SMILES string of the molecule is COc1ccc(CCN(C)C)cc1CCON. The number of nitrogens with two attached hydrogens (primary N) is 1. The zero-order valence-electron chi connectivity index (χ0n) is 10.9. The molecule has 96 valence electrons. The minimum atomic E-state index is 0.507. The predicted octanol–water partition coefficient (Wildman–Crippen LogP) is 1.23. The molecule has 1 rings (SSSR count). The molecule has 0 heterocycles. The van der Waals surface area contributed by atoms with Gasteiger partial charge in [-0.05, 0) is 37.7 Å². The number of hydrogen-bond donors (Lipinski definition) is 1. The molecule has 0 aliphatic rings. The van der Waals surface area contributed by atoms with Gasteiger partial charge in [-0.3, -0.25) is 0 Å². The molecule has 1 aromatic carbocycles. The van der Waals surface area contributed by atoms with Gasteiger partial charge in [0.15, 0.2) is 0 Å². The molecule has 0 bridgehead atoms. The van der Waals surface area contributed by atoms with Gasteiger partial charge in [-0.15, -0.1) is 0 Å². The minimum Gasteiger partial charge on any atom is -0.496 e. The lowest BCUT2D eigenvalue weighted by Crippen LogP contribution is -2.15. The summed E-state index contributed by atoms with van der Waals surface area (Å²) in [4.78, 5) is 6.79. The predicted molar refractivity (Wildman–Crippen MR) is 69.1 cm³/mol. The van der Waals surface area contributed by atoms with E-state index >= 15 is 0 Å². The molecule has 0 spiro atoms. The van der Waals surface area contributed by atoms with Crippen LogP contribution < -0.4 is 10.6 Å². The highest BCUT2D eigenvalue weighted by molar-refractivity contribution is 5.37. The zero-order valence-corrected chi connectivity index (χ0v) is 10.9. The van der Waals surface area contributed by atoms with E-state index in [1.54, 1.807) is 7.11 Å². The quantitative estimate of drug-likeness (QED) is 0.726. The molecule has 0 amide bonds. The van der Waals surface area contributed by atoms with E-state index in [9.17, 15) is 0 Å². The van der Waals surface area contributed by atoms with Crippen LogP contribution in [-0.4, -0.2) is 39.3 Å². The number of rotatable bonds is 7. The van der Waals surface area contributed by atoms with Crippen LogP contribution in [0, 0.1) is 0 Å². The summed E-state index contributed by atoms with van der Waals surface area (Å²) in [7, 11) is 5.83. The first-order valence-corrected chi connectivity index (χ1v) is 5.79. The average Bonchev–Trinajstić information content (AvgIpc) is 2.33. The maximum absolute atomic E-state index is 5.32. The van der Waals surface area contributed by atoms with Crippen molar-refractivity contribution < 1.29 is 9.57 Å². The first kappa shape index (κ1) is 14.0. The third-order valence-corrected chi connectivity index (χ3v) is 2.68. The maximum atomic E-state index is 5.32. The van der Waals surface area contributed by atoms with Gasteiger partial charge in [0.25, 0.3) is 0 Å². The van der Waals surface area contributed by atoms with Crippen molar-refractivity contribution >= 4 is 0 Å². The normalized spacial score (nSPS) is 10.9. The van der Waals surface area contributed by atoms with Crippen LogP contribution in [0.3, 0.4) is 0 Å². The van der Waals surface area contributed by atoms with Gasteiger partial charge in [0.1, 0.15) is 5.75 Å². The van der Waals surface area contributed by atoms with Gasteiger partial charge in [-0.2, -0.15) is 0 Å². The fourth-order valence-electron chi connectivity index (χ4n) is 1.70. The van der Waals surface area contributed by atoms with Crippen molar-refractivity contribution in [3.8, 4) is 5.75 Å². The Labute approximate surface area is 103 Å². The van der Waals surface area contributed by atoms with Crippen LogP contribution in [0.2, 0.25) is 0 Å². The lowest BCUT2D eigenvalue weighted by atomic mass is 10.0. The summed E-state index contributed by atoms with van der Waals surface area (Å²) in [6.07, 6.45) is 1.81. The van der Waals surface area contributed by atoms with Gasteiger partial charge in [-0.25, -0.2) is 5.90 Å². The van der Waals surface area contributed by atoms with Crippen LogP contribution in [0.15, 0.2) is 18.2 Å². The number of likely N-dealkylation sites (N-methyl/N-ethyl adjacent to an activating group) is 1. The Morgan fingerprint density at radius 1 is 1.24 bits per heavy atom. The average molecular weight is 238 g/mol. The fourth-order valence-corrected chi connectivity index (χ4v) is 1.70. The van der Waals surface area contributed by atoms with Crippen molar-refractivity contribution in [2.45, 2.75) is 12.8 Å². The summed E-state index contributed by atoms with van der Waals surface area (Å²) < 4.78 is 5.32. The minimum absolute atomic E-state index is 0.507. The molecule has 4 heteroatoms. The van der Waals surface area contributed by atoms with Gasteiger partial charge >= 0.3 is 0 Å². The Bertz CT molecular complexity index is 340. The van der Waals surface area contributed by atoms with Gasteiger partial charge in [0, 0.05) is 13.0 Å². The molecule has 0 radical (unpaired) electrons. The summed E-state index contributed by atoms with van der Waals surface area (Å²) in [5.41, 5.74) is 2.46. The Kier molecular flexibility index (Phi) is 5.97. The summed E-state index contributed by atoms with van der Waals surface area (Å²) in [5, 5.41) is 0. The van der Waals surface area contributed by atoms with Crippen LogP contribution in [0.4, 0.5) is 0 Å². The molecule has 0 aromatic heterocycles. The molecular weight excluding hydrogens is 216 g/mol. The molecule has 4 nitrogen and oxygen atoms in total. The molecule has 2 N–H and O–H groups in total. The standard InChI is InChI=1S/C13H22N2O2/c1-15(2)8-6-11-4-5-13(16-3)12(10-11)7-9-17-14/h4-5,10H,6-9,14H2,1-3H3. The van der Waals surface area contributed by atoms with Crippen molar-refractivity contribution in [2.75, 3.05) is 34.4 Å². The van der Waals surface area contributed by atoms with E-state index in [4.69, 9.17) is 10.6 Å². The number of nitrogens with zero attached hydrogens (tertiary/aromatic N) is 1. The van der Waals surface area contributed by atoms with Crippen LogP contribution in [-0.2, 0) is 17.7 Å². The monoisotopic (exact) mass is 238 g/mol. The van der Waals surface area contributed by atoms with E-state index in [2.05, 4.69) is 36.0 Å². The van der Waals surface area contributed by atoms with Gasteiger partial charge < -0.3 is 14.5 Å². The molecule has 0 atom stereocenters. The molecule has 0 saturated carbocycles. The van der Waals surface area contributed by atoms with Gasteiger partial charge in [0.2, 0.25) is 0 Å². The van der Waals surface area contributed by atoms with Crippen LogP contribution in [0.25, 0.3) is 0 Å². The number of benzene rings is 1. The van der Waals surface area contributed by atoms with Crippen molar-refractivity contribution in [3.05, 3.63) is 29.3 Å². The van der Waals surface area contributed by atoms with E-state index in [0.29, 0.717) is 6.61 Å². The summed E-state index contributed by atoms with van der Waals surface area (Å²) in [5.74, 6) is 5.96. The van der Waals surface area contributed by atoms with Crippen LogP contribution in [0.5, 0.6) is 5.75 Å². The molecule has 0 saturated heterocycles. The molecule has 1 aromatic rings. The van der Waals surface area contributed by atoms with Crippen molar-refractivity contribution in [1.82, 2.24) is 4.90 Å². The van der Waals surface area contributed by atoms with Crippen LogP contribution in [0.1, 0.15) is 11.1 Å². The lowest BCUT2D eigenvalue weighted by Gasteiger charge is -2.12. The second-order valence-corrected chi connectivity index (χ2v) is 4.32. The zero-order chi connectivity index (χ0) is 12.7. The Morgan fingerprint density at radius 2 is 2.00 bits per heavy atom. The van der Waals surface area contributed by atoms with E-state index in [-0.39, 0.29) is 0 Å². The molecule has 0 unspecified atom stereocenters. The fraction of sp³-hybridized carbons (Fsp3) is 0.538. The topological polar surface area (TPSA) is 47.7 Å². The van der Waals surface area contributed by atoms with E-state index in [1.165, 1.54) is 5.56 Å². The third kappa shape index (κ3) is 4.73. The van der Waals surface area contributed by atoms with Gasteiger partial charge in [0.05, 0.1) is 13.7 Å². The van der Waals surface area contributed by atoms with Gasteiger partial charge in [-0.1, -0.05) is 12.1 Å². The highest BCUT2D eigenvalue weighted by Gasteiger charge is 2.05. The van der Waals surface area contributed by atoms with Crippen LogP contribution >= 0.6 is 0 Å². The first-order chi connectivity index (χ1) is 8.17. The highest BCUT2D eigenvalue weighted by Crippen LogP contribution is 2.20.